The summed E-state index contributed by atoms with van der Waals surface area (Å²) in [5.74, 6) is 0.472. The Morgan fingerprint density at radius 3 is 2.68 bits per heavy atom. The van der Waals surface area contributed by atoms with E-state index in [2.05, 4.69) is 0 Å². The fraction of sp³-hybridized carbons (Fsp3) is 0.0625. The van der Waals surface area contributed by atoms with Crippen molar-refractivity contribution in [3.63, 3.8) is 0 Å². The van der Waals surface area contributed by atoms with Crippen molar-refractivity contribution in [1.29, 1.82) is 0 Å². The van der Waals surface area contributed by atoms with E-state index < -0.39 is 10.5 Å². The molecule has 22 heavy (non-hydrogen) atoms. The Morgan fingerprint density at radius 2 is 1.86 bits per heavy atom. The number of benzene rings is 2. The standard InChI is InChI=1S/C16H11NO5/c18-16-8-6-11-5-7-13(9-15(11)22-16)21-10-12-3-1-2-4-14(12)17(19)20/h1-9H,10H2. The van der Waals surface area contributed by atoms with Gasteiger partial charge in [0.05, 0.1) is 10.5 Å². The molecule has 2 aromatic carbocycles. The molecule has 0 spiro atoms. The van der Waals surface area contributed by atoms with Gasteiger partial charge in [-0.3, -0.25) is 10.1 Å². The molecule has 0 fully saturated rings. The second-order valence-electron chi connectivity index (χ2n) is 4.63. The number of fused-ring (bicyclic) bond motifs is 1. The van der Waals surface area contributed by atoms with Crippen LogP contribution in [0, 0.1) is 10.1 Å². The Balaban J connectivity index is 1.85. The fourth-order valence-electron chi connectivity index (χ4n) is 2.10. The zero-order chi connectivity index (χ0) is 15.5. The normalized spacial score (nSPS) is 10.5. The monoisotopic (exact) mass is 297 g/mol. The molecular formula is C16H11NO5. The van der Waals surface area contributed by atoms with Gasteiger partial charge in [0.15, 0.2) is 0 Å². The molecule has 6 heteroatoms. The summed E-state index contributed by atoms with van der Waals surface area (Å²) in [6, 6.07) is 14.5. The van der Waals surface area contributed by atoms with Crippen molar-refractivity contribution in [3.8, 4) is 5.75 Å². The molecule has 3 aromatic rings. The summed E-state index contributed by atoms with van der Waals surface area (Å²) < 4.78 is 10.6. The molecule has 6 nitrogen and oxygen atoms in total. The molecule has 0 N–H and O–H groups in total. The third-order valence-electron chi connectivity index (χ3n) is 3.18. The van der Waals surface area contributed by atoms with Gasteiger partial charge in [0.2, 0.25) is 0 Å². The van der Waals surface area contributed by atoms with Crippen molar-refractivity contribution in [2.24, 2.45) is 0 Å². The zero-order valence-corrected chi connectivity index (χ0v) is 11.4. The van der Waals surface area contributed by atoms with E-state index in [1.807, 2.05) is 0 Å². The van der Waals surface area contributed by atoms with Crippen LogP contribution in [0.3, 0.4) is 0 Å². The van der Waals surface area contributed by atoms with Gasteiger partial charge in [0.1, 0.15) is 17.9 Å². The Bertz CT molecular complexity index is 900. The van der Waals surface area contributed by atoms with E-state index in [1.54, 1.807) is 42.5 Å². The van der Waals surface area contributed by atoms with Crippen molar-refractivity contribution in [3.05, 3.63) is 80.7 Å². The molecule has 1 heterocycles. The van der Waals surface area contributed by atoms with Gasteiger partial charge >= 0.3 is 5.63 Å². The van der Waals surface area contributed by atoms with Crippen LogP contribution in [-0.2, 0) is 6.61 Å². The van der Waals surface area contributed by atoms with Gasteiger partial charge in [-0.05, 0) is 24.3 Å². The average molecular weight is 297 g/mol. The van der Waals surface area contributed by atoms with Crippen LogP contribution in [0.4, 0.5) is 5.69 Å². The maximum Gasteiger partial charge on any atom is 0.336 e. The van der Waals surface area contributed by atoms with Crippen LogP contribution < -0.4 is 10.4 Å². The molecular weight excluding hydrogens is 286 g/mol. The van der Waals surface area contributed by atoms with Crippen molar-refractivity contribution < 1.29 is 14.1 Å². The van der Waals surface area contributed by atoms with Crippen molar-refractivity contribution in [2.45, 2.75) is 6.61 Å². The van der Waals surface area contributed by atoms with E-state index >= 15 is 0 Å². The molecule has 0 amide bonds. The molecule has 0 unspecified atom stereocenters. The van der Waals surface area contributed by atoms with E-state index in [9.17, 15) is 14.9 Å². The van der Waals surface area contributed by atoms with Crippen molar-refractivity contribution >= 4 is 16.7 Å². The Hall–Kier alpha value is -3.15. The minimum Gasteiger partial charge on any atom is -0.489 e. The van der Waals surface area contributed by atoms with Gasteiger partial charge in [0, 0.05) is 23.6 Å². The van der Waals surface area contributed by atoms with Gasteiger partial charge in [-0.1, -0.05) is 12.1 Å². The van der Waals surface area contributed by atoms with Crippen LogP contribution in [0.15, 0.2) is 63.8 Å². The molecule has 0 radical (unpaired) electrons. The summed E-state index contributed by atoms with van der Waals surface area (Å²) >= 11 is 0. The summed E-state index contributed by atoms with van der Waals surface area (Å²) in [7, 11) is 0. The number of hydrogen-bond donors (Lipinski definition) is 0. The summed E-state index contributed by atoms with van der Waals surface area (Å²) in [5, 5.41) is 11.7. The highest BCUT2D eigenvalue weighted by molar-refractivity contribution is 5.77. The molecule has 0 saturated heterocycles. The Labute approximate surface area is 124 Å². The molecule has 0 bridgehead atoms. The van der Waals surface area contributed by atoms with Gasteiger partial charge in [0.25, 0.3) is 5.69 Å². The van der Waals surface area contributed by atoms with Crippen LogP contribution in [0.1, 0.15) is 5.56 Å². The number of nitro groups is 1. The van der Waals surface area contributed by atoms with Crippen LogP contribution in [0.5, 0.6) is 5.75 Å². The first-order valence-electron chi connectivity index (χ1n) is 6.52. The predicted octanol–water partition coefficient (Wildman–Crippen LogP) is 3.28. The highest BCUT2D eigenvalue weighted by Gasteiger charge is 2.12. The zero-order valence-electron chi connectivity index (χ0n) is 11.4. The molecule has 0 saturated carbocycles. The van der Waals surface area contributed by atoms with E-state index in [1.165, 1.54) is 12.1 Å². The smallest absolute Gasteiger partial charge is 0.336 e. The SMILES string of the molecule is O=c1ccc2ccc(OCc3ccccc3[N+](=O)[O-])cc2o1. The maximum absolute atomic E-state index is 11.2. The highest BCUT2D eigenvalue weighted by atomic mass is 16.6. The molecule has 0 aliphatic heterocycles. The van der Waals surface area contributed by atoms with E-state index in [0.29, 0.717) is 16.9 Å². The highest BCUT2D eigenvalue weighted by Crippen LogP contribution is 2.23. The lowest BCUT2D eigenvalue weighted by molar-refractivity contribution is -0.385. The number of nitro benzene ring substituents is 1. The van der Waals surface area contributed by atoms with Gasteiger partial charge in [-0.15, -0.1) is 0 Å². The van der Waals surface area contributed by atoms with Crippen molar-refractivity contribution in [2.75, 3.05) is 0 Å². The van der Waals surface area contributed by atoms with E-state index in [0.717, 1.165) is 5.39 Å². The van der Waals surface area contributed by atoms with E-state index in [-0.39, 0.29) is 12.3 Å². The Morgan fingerprint density at radius 1 is 1.09 bits per heavy atom. The van der Waals surface area contributed by atoms with E-state index in [4.69, 9.17) is 9.15 Å². The first-order valence-corrected chi connectivity index (χ1v) is 6.52. The quantitative estimate of drug-likeness (QED) is 0.419. The van der Waals surface area contributed by atoms with Crippen LogP contribution in [0.2, 0.25) is 0 Å². The largest absolute Gasteiger partial charge is 0.489 e. The molecule has 0 aliphatic rings. The molecule has 110 valence electrons. The summed E-state index contributed by atoms with van der Waals surface area (Å²) in [5.41, 5.74) is 0.452. The van der Waals surface area contributed by atoms with Crippen LogP contribution in [0.25, 0.3) is 11.0 Å². The number of ether oxygens (including phenoxy) is 1. The van der Waals surface area contributed by atoms with Gasteiger partial charge in [-0.2, -0.15) is 0 Å². The van der Waals surface area contributed by atoms with Crippen LogP contribution in [-0.4, -0.2) is 4.92 Å². The summed E-state index contributed by atoms with van der Waals surface area (Å²) in [6.45, 7) is 0.0553. The lowest BCUT2D eigenvalue weighted by Gasteiger charge is -2.07. The number of nitrogens with zero attached hydrogens (tertiary/aromatic N) is 1. The lowest BCUT2D eigenvalue weighted by atomic mass is 10.2. The van der Waals surface area contributed by atoms with Crippen LogP contribution >= 0.6 is 0 Å². The van der Waals surface area contributed by atoms with Gasteiger partial charge < -0.3 is 9.15 Å². The minimum atomic E-state index is -0.446. The summed E-state index contributed by atoms with van der Waals surface area (Å²) in [4.78, 5) is 21.7. The molecule has 1 aromatic heterocycles. The molecule has 3 rings (SSSR count). The lowest BCUT2D eigenvalue weighted by Crippen LogP contribution is -2.00. The summed E-state index contributed by atoms with van der Waals surface area (Å²) in [6.07, 6.45) is 0. The third kappa shape index (κ3) is 2.80. The topological polar surface area (TPSA) is 82.6 Å². The van der Waals surface area contributed by atoms with Gasteiger partial charge in [-0.25, -0.2) is 4.79 Å². The Kier molecular flexibility index (Phi) is 3.57. The minimum absolute atomic E-state index is 0.00909. The number of para-hydroxylation sites is 1. The second-order valence-corrected chi connectivity index (χ2v) is 4.63. The number of hydrogen-bond acceptors (Lipinski definition) is 5. The predicted molar refractivity (Wildman–Crippen MR) is 79.9 cm³/mol. The van der Waals surface area contributed by atoms with Crippen molar-refractivity contribution in [1.82, 2.24) is 0 Å². The first-order chi connectivity index (χ1) is 10.6. The molecule has 0 atom stereocenters. The average Bonchev–Trinajstić information content (AvgIpc) is 2.52. The first kappa shape index (κ1) is 13.8. The third-order valence-corrected chi connectivity index (χ3v) is 3.18. The maximum atomic E-state index is 11.2. The fourth-order valence-corrected chi connectivity index (χ4v) is 2.10. The second kappa shape index (κ2) is 5.69. The number of rotatable bonds is 4. The molecule has 0 aliphatic carbocycles.